The maximum absolute atomic E-state index is 5.28. The average molecular weight is 127 g/mol. The fraction of sp³-hybridized carbons (Fsp3) is 0.667. The van der Waals surface area contributed by atoms with Gasteiger partial charge in [0.1, 0.15) is 5.84 Å². The predicted molar refractivity (Wildman–Crippen MR) is 41.2 cm³/mol. The molecule has 0 aromatic heterocycles. The molecule has 3 heteroatoms. The van der Waals surface area contributed by atoms with Gasteiger partial charge in [0.15, 0.2) is 0 Å². The van der Waals surface area contributed by atoms with Crippen LogP contribution in [-0.4, -0.2) is 25.6 Å². The highest BCUT2D eigenvalue weighted by atomic mass is 14.9. The Hall–Kier alpha value is -0.700. The van der Waals surface area contributed by atoms with E-state index in [1.54, 1.807) is 13.3 Å². The standard InChI is InChI=1S/C6H13N3/c1-3-4-9-6(5-7)8-2/h4H,3,5,7H2,1-2H3. The molecule has 0 aliphatic carbocycles. The van der Waals surface area contributed by atoms with E-state index in [9.17, 15) is 0 Å². The van der Waals surface area contributed by atoms with E-state index < -0.39 is 0 Å². The van der Waals surface area contributed by atoms with Crippen molar-refractivity contribution in [2.75, 3.05) is 13.6 Å². The smallest absolute Gasteiger partial charge is 0.136 e. The van der Waals surface area contributed by atoms with Crippen LogP contribution >= 0.6 is 0 Å². The molecule has 0 bridgehead atoms. The lowest BCUT2D eigenvalue weighted by Crippen LogP contribution is -2.11. The first kappa shape index (κ1) is 8.30. The van der Waals surface area contributed by atoms with Gasteiger partial charge in [-0.3, -0.25) is 4.99 Å². The molecule has 0 saturated carbocycles. The van der Waals surface area contributed by atoms with E-state index in [0.717, 1.165) is 6.42 Å². The van der Waals surface area contributed by atoms with Gasteiger partial charge in [-0.2, -0.15) is 0 Å². The maximum atomic E-state index is 5.28. The fourth-order valence-corrected chi connectivity index (χ4v) is 0.398. The highest BCUT2D eigenvalue weighted by Gasteiger charge is 1.84. The fourth-order valence-electron chi connectivity index (χ4n) is 0.398. The molecule has 0 aliphatic rings. The summed E-state index contributed by atoms with van der Waals surface area (Å²) in [5.41, 5.74) is 5.28. The molecular weight excluding hydrogens is 114 g/mol. The Labute approximate surface area is 55.7 Å². The molecule has 0 aromatic carbocycles. The van der Waals surface area contributed by atoms with Crippen molar-refractivity contribution < 1.29 is 0 Å². The van der Waals surface area contributed by atoms with E-state index in [0.29, 0.717) is 12.4 Å². The van der Waals surface area contributed by atoms with Crippen molar-refractivity contribution in [3.63, 3.8) is 0 Å². The zero-order valence-electron chi connectivity index (χ0n) is 5.96. The zero-order chi connectivity index (χ0) is 7.11. The van der Waals surface area contributed by atoms with Crippen LogP contribution < -0.4 is 5.73 Å². The van der Waals surface area contributed by atoms with Crippen molar-refractivity contribution in [1.82, 2.24) is 0 Å². The molecule has 0 spiro atoms. The summed E-state index contributed by atoms with van der Waals surface area (Å²) < 4.78 is 0. The van der Waals surface area contributed by atoms with Crippen molar-refractivity contribution in [3.8, 4) is 0 Å². The lowest BCUT2D eigenvalue weighted by molar-refractivity contribution is 1.23. The lowest BCUT2D eigenvalue weighted by Gasteiger charge is -1.90. The molecule has 0 unspecified atom stereocenters. The third-order valence-corrected chi connectivity index (χ3v) is 0.864. The number of nitrogens with zero attached hydrogens (tertiary/aromatic N) is 2. The average Bonchev–Trinajstić information content (AvgIpc) is 1.91. The molecule has 0 heterocycles. The first-order chi connectivity index (χ1) is 4.35. The third-order valence-electron chi connectivity index (χ3n) is 0.864. The van der Waals surface area contributed by atoms with Gasteiger partial charge < -0.3 is 5.73 Å². The van der Waals surface area contributed by atoms with Gasteiger partial charge in [0, 0.05) is 13.3 Å². The molecule has 0 saturated heterocycles. The van der Waals surface area contributed by atoms with Crippen LogP contribution in [0.25, 0.3) is 0 Å². The summed E-state index contributed by atoms with van der Waals surface area (Å²) in [4.78, 5) is 7.82. The molecule has 9 heavy (non-hydrogen) atoms. The zero-order valence-corrected chi connectivity index (χ0v) is 5.96. The first-order valence-corrected chi connectivity index (χ1v) is 3.03. The Kier molecular flexibility index (Phi) is 5.01. The second kappa shape index (κ2) is 5.44. The second-order valence-corrected chi connectivity index (χ2v) is 1.56. The van der Waals surface area contributed by atoms with Crippen LogP contribution in [0.2, 0.25) is 0 Å². The van der Waals surface area contributed by atoms with Crippen LogP contribution in [0.5, 0.6) is 0 Å². The summed E-state index contributed by atoms with van der Waals surface area (Å²) in [5, 5.41) is 0. The summed E-state index contributed by atoms with van der Waals surface area (Å²) in [6.07, 6.45) is 2.73. The van der Waals surface area contributed by atoms with Crippen LogP contribution in [0.3, 0.4) is 0 Å². The van der Waals surface area contributed by atoms with Crippen LogP contribution in [0.4, 0.5) is 0 Å². The molecule has 3 nitrogen and oxygen atoms in total. The summed E-state index contributed by atoms with van der Waals surface area (Å²) in [7, 11) is 1.69. The van der Waals surface area contributed by atoms with Gasteiger partial charge >= 0.3 is 0 Å². The van der Waals surface area contributed by atoms with E-state index in [1.807, 2.05) is 6.92 Å². The largest absolute Gasteiger partial charge is 0.324 e. The van der Waals surface area contributed by atoms with Crippen molar-refractivity contribution in [3.05, 3.63) is 0 Å². The quantitative estimate of drug-likeness (QED) is 0.425. The van der Waals surface area contributed by atoms with Gasteiger partial charge in [-0.15, -0.1) is 0 Å². The van der Waals surface area contributed by atoms with Gasteiger partial charge in [0.05, 0.1) is 6.54 Å². The van der Waals surface area contributed by atoms with E-state index in [2.05, 4.69) is 9.98 Å². The minimum Gasteiger partial charge on any atom is -0.324 e. The van der Waals surface area contributed by atoms with E-state index >= 15 is 0 Å². The molecule has 0 radical (unpaired) electrons. The number of hydrogen-bond acceptors (Lipinski definition) is 2. The van der Waals surface area contributed by atoms with Crippen molar-refractivity contribution in [2.24, 2.45) is 15.7 Å². The minimum atomic E-state index is 0.424. The Morgan fingerprint density at radius 1 is 1.67 bits per heavy atom. The Morgan fingerprint density at radius 2 is 2.33 bits per heavy atom. The van der Waals surface area contributed by atoms with E-state index in [4.69, 9.17) is 5.73 Å². The second-order valence-electron chi connectivity index (χ2n) is 1.56. The number of hydrogen-bond donors (Lipinski definition) is 1. The van der Waals surface area contributed by atoms with Gasteiger partial charge in [-0.05, 0) is 6.42 Å². The number of rotatable bonds is 2. The normalized spacial score (nSPS) is 13.0. The van der Waals surface area contributed by atoms with Gasteiger partial charge in [-0.25, -0.2) is 4.99 Å². The summed E-state index contributed by atoms with van der Waals surface area (Å²) in [6, 6.07) is 0. The monoisotopic (exact) mass is 127 g/mol. The van der Waals surface area contributed by atoms with Crippen LogP contribution in [0.1, 0.15) is 13.3 Å². The van der Waals surface area contributed by atoms with E-state index in [-0.39, 0.29) is 0 Å². The van der Waals surface area contributed by atoms with Crippen LogP contribution in [0, 0.1) is 0 Å². The SMILES string of the molecule is CCC=NC(CN)=NC. The highest BCUT2D eigenvalue weighted by Crippen LogP contribution is 1.76. The molecule has 0 aliphatic heterocycles. The van der Waals surface area contributed by atoms with Crippen LogP contribution in [0.15, 0.2) is 9.98 Å². The summed E-state index contributed by atoms with van der Waals surface area (Å²) in [5.74, 6) is 0.705. The molecule has 2 N–H and O–H groups in total. The molecule has 0 atom stereocenters. The van der Waals surface area contributed by atoms with Crippen molar-refractivity contribution in [1.29, 1.82) is 0 Å². The summed E-state index contributed by atoms with van der Waals surface area (Å²) in [6.45, 7) is 2.44. The van der Waals surface area contributed by atoms with E-state index in [1.165, 1.54) is 0 Å². The number of amidine groups is 1. The maximum Gasteiger partial charge on any atom is 0.136 e. The Morgan fingerprint density at radius 3 is 2.67 bits per heavy atom. The first-order valence-electron chi connectivity index (χ1n) is 3.03. The van der Waals surface area contributed by atoms with Crippen LogP contribution in [-0.2, 0) is 0 Å². The van der Waals surface area contributed by atoms with Crippen molar-refractivity contribution >= 4 is 12.1 Å². The lowest BCUT2D eigenvalue weighted by atomic mass is 10.5. The Bertz CT molecular complexity index is 115. The Balaban J connectivity index is 3.70. The third kappa shape index (κ3) is 3.85. The van der Waals surface area contributed by atoms with Gasteiger partial charge in [-0.1, -0.05) is 6.92 Å². The van der Waals surface area contributed by atoms with Gasteiger partial charge in [0.25, 0.3) is 0 Å². The number of aliphatic imine (C=N–C) groups is 2. The topological polar surface area (TPSA) is 50.7 Å². The van der Waals surface area contributed by atoms with Crippen molar-refractivity contribution in [2.45, 2.75) is 13.3 Å². The minimum absolute atomic E-state index is 0.424. The van der Waals surface area contributed by atoms with Gasteiger partial charge in [0.2, 0.25) is 0 Å². The molecule has 0 fully saturated rings. The molecular formula is C6H13N3. The number of nitrogens with two attached hydrogens (primary N) is 1. The molecule has 0 amide bonds. The molecule has 52 valence electrons. The highest BCUT2D eigenvalue weighted by molar-refractivity contribution is 5.90. The molecule has 0 aromatic rings. The molecule has 0 rings (SSSR count). The predicted octanol–water partition coefficient (Wildman–Crippen LogP) is 0.454. The summed E-state index contributed by atoms with van der Waals surface area (Å²) >= 11 is 0.